The summed E-state index contributed by atoms with van der Waals surface area (Å²) in [6, 6.07) is 1.56. The number of hydrogen-bond donors (Lipinski definition) is 1. The van der Waals surface area contributed by atoms with Gasteiger partial charge in [0, 0.05) is 20.2 Å². The number of hydrogen-bond acceptors (Lipinski definition) is 3. The number of nitrogens with zero attached hydrogens (tertiary/aromatic N) is 1. The van der Waals surface area contributed by atoms with E-state index in [1.807, 2.05) is 0 Å². The Kier molecular flexibility index (Phi) is 5.35. The molecule has 1 aromatic rings. The molecule has 0 aromatic carbocycles. The van der Waals surface area contributed by atoms with Crippen LogP contribution in [0.15, 0.2) is 16.7 Å². The predicted molar refractivity (Wildman–Crippen MR) is 61.6 cm³/mol. The minimum Gasteiger partial charge on any atom is -0.452 e. The Hall–Kier alpha value is -1.00. The second kappa shape index (κ2) is 6.55. The third-order valence-electron chi connectivity index (χ3n) is 2.35. The van der Waals surface area contributed by atoms with E-state index in [2.05, 4.69) is 0 Å². The maximum atomic E-state index is 11.8. The first-order valence-electron chi connectivity index (χ1n) is 5.26. The van der Waals surface area contributed by atoms with Crippen LogP contribution in [0.3, 0.4) is 0 Å². The third kappa shape index (κ3) is 3.54. The van der Waals surface area contributed by atoms with Crippen LogP contribution in [0.25, 0.3) is 0 Å². The van der Waals surface area contributed by atoms with Gasteiger partial charge in [0.2, 0.25) is 5.22 Å². The first-order chi connectivity index (χ1) is 7.66. The van der Waals surface area contributed by atoms with Gasteiger partial charge in [-0.2, -0.15) is 0 Å². The number of aliphatic hydroxyl groups is 1. The highest BCUT2D eigenvalue weighted by Crippen LogP contribution is 2.18. The molecule has 5 heteroatoms. The largest absolute Gasteiger partial charge is 0.452 e. The van der Waals surface area contributed by atoms with Crippen molar-refractivity contribution in [2.75, 3.05) is 20.2 Å². The molecule has 0 radical (unpaired) electrons. The third-order valence-corrected chi connectivity index (χ3v) is 2.64. The Morgan fingerprint density at radius 1 is 1.50 bits per heavy atom. The van der Waals surface area contributed by atoms with Gasteiger partial charge < -0.3 is 14.4 Å². The second-order valence-corrected chi connectivity index (χ2v) is 3.96. The van der Waals surface area contributed by atoms with Gasteiger partial charge >= 0.3 is 0 Å². The van der Waals surface area contributed by atoms with Gasteiger partial charge in [0.15, 0.2) is 0 Å². The molecule has 1 amide bonds. The van der Waals surface area contributed by atoms with Crippen LogP contribution in [0.2, 0.25) is 5.22 Å². The Morgan fingerprint density at radius 3 is 2.81 bits per heavy atom. The van der Waals surface area contributed by atoms with E-state index < -0.39 is 0 Å². The van der Waals surface area contributed by atoms with Gasteiger partial charge in [-0.15, -0.1) is 0 Å². The predicted octanol–water partition coefficient (Wildman–Crippen LogP) is 2.17. The SMILES string of the molecule is CN(CCCCCO)C(=O)c1ccoc1Cl. The Bertz CT molecular complexity index is 338. The summed E-state index contributed by atoms with van der Waals surface area (Å²) in [5.41, 5.74) is 0.395. The standard InChI is InChI=1S/C11H16ClNO3/c1-13(6-3-2-4-7-14)11(15)9-5-8-16-10(9)12/h5,8,14H,2-4,6-7H2,1H3. The fourth-order valence-electron chi connectivity index (χ4n) is 1.39. The van der Waals surface area contributed by atoms with Crippen molar-refractivity contribution in [1.29, 1.82) is 0 Å². The number of aliphatic hydroxyl groups excluding tert-OH is 1. The number of carbonyl (C=O) groups excluding carboxylic acids is 1. The first kappa shape index (κ1) is 13.1. The molecular weight excluding hydrogens is 230 g/mol. The van der Waals surface area contributed by atoms with Crippen LogP contribution in [0.1, 0.15) is 29.6 Å². The topological polar surface area (TPSA) is 53.7 Å². The summed E-state index contributed by atoms with van der Waals surface area (Å²) in [4.78, 5) is 13.4. The van der Waals surface area contributed by atoms with E-state index in [0.717, 1.165) is 19.3 Å². The van der Waals surface area contributed by atoms with Crippen LogP contribution < -0.4 is 0 Å². The molecule has 90 valence electrons. The fraction of sp³-hybridized carbons (Fsp3) is 0.545. The van der Waals surface area contributed by atoms with Gasteiger partial charge in [0.1, 0.15) is 0 Å². The molecular formula is C11H16ClNO3. The molecule has 0 fully saturated rings. The lowest BCUT2D eigenvalue weighted by Crippen LogP contribution is -2.27. The molecule has 0 saturated heterocycles. The molecule has 0 atom stereocenters. The van der Waals surface area contributed by atoms with E-state index in [4.69, 9.17) is 21.1 Å². The van der Waals surface area contributed by atoms with E-state index in [0.29, 0.717) is 12.1 Å². The highest BCUT2D eigenvalue weighted by Gasteiger charge is 2.16. The molecule has 0 aliphatic heterocycles. The molecule has 0 aliphatic carbocycles. The van der Waals surface area contributed by atoms with Gasteiger partial charge in [-0.1, -0.05) is 0 Å². The molecule has 0 bridgehead atoms. The monoisotopic (exact) mass is 245 g/mol. The fourth-order valence-corrected chi connectivity index (χ4v) is 1.59. The lowest BCUT2D eigenvalue weighted by molar-refractivity contribution is 0.0791. The number of rotatable bonds is 6. The van der Waals surface area contributed by atoms with Gasteiger partial charge in [-0.3, -0.25) is 4.79 Å². The van der Waals surface area contributed by atoms with E-state index in [-0.39, 0.29) is 17.7 Å². The first-order valence-corrected chi connectivity index (χ1v) is 5.64. The minimum atomic E-state index is -0.136. The van der Waals surface area contributed by atoms with Crippen LogP contribution in [-0.2, 0) is 0 Å². The van der Waals surface area contributed by atoms with Gasteiger partial charge in [-0.05, 0) is 36.9 Å². The molecule has 0 spiro atoms. The van der Waals surface area contributed by atoms with Crippen molar-refractivity contribution in [2.24, 2.45) is 0 Å². The average molecular weight is 246 g/mol. The van der Waals surface area contributed by atoms with Gasteiger partial charge in [0.05, 0.1) is 11.8 Å². The highest BCUT2D eigenvalue weighted by atomic mass is 35.5. The Morgan fingerprint density at radius 2 is 2.25 bits per heavy atom. The van der Waals surface area contributed by atoms with Crippen molar-refractivity contribution >= 4 is 17.5 Å². The quantitative estimate of drug-likeness (QED) is 0.782. The molecule has 1 rings (SSSR count). The van der Waals surface area contributed by atoms with Crippen LogP contribution >= 0.6 is 11.6 Å². The van der Waals surface area contributed by atoms with Gasteiger partial charge in [-0.25, -0.2) is 0 Å². The zero-order valence-corrected chi connectivity index (χ0v) is 10.0. The zero-order chi connectivity index (χ0) is 12.0. The molecule has 1 N–H and O–H groups in total. The van der Waals surface area contributed by atoms with Crippen molar-refractivity contribution in [3.63, 3.8) is 0 Å². The van der Waals surface area contributed by atoms with Gasteiger partial charge in [0.25, 0.3) is 5.91 Å². The number of unbranched alkanes of at least 4 members (excludes halogenated alkanes) is 2. The van der Waals surface area contributed by atoms with Crippen molar-refractivity contribution in [3.05, 3.63) is 23.1 Å². The van der Waals surface area contributed by atoms with E-state index in [9.17, 15) is 4.79 Å². The lowest BCUT2D eigenvalue weighted by Gasteiger charge is -2.16. The molecule has 0 aliphatic rings. The minimum absolute atomic E-state index is 0.132. The molecule has 4 nitrogen and oxygen atoms in total. The number of amides is 1. The maximum Gasteiger partial charge on any atom is 0.258 e. The summed E-state index contributed by atoms with van der Waals surface area (Å²) in [5, 5.41) is 8.75. The van der Waals surface area contributed by atoms with Crippen LogP contribution in [0, 0.1) is 0 Å². The Labute approximate surface area is 99.8 Å². The highest BCUT2D eigenvalue weighted by molar-refractivity contribution is 6.32. The normalized spacial score (nSPS) is 10.4. The maximum absolute atomic E-state index is 11.8. The average Bonchev–Trinajstić information content (AvgIpc) is 2.69. The van der Waals surface area contributed by atoms with Crippen LogP contribution in [-0.4, -0.2) is 36.1 Å². The van der Waals surface area contributed by atoms with Crippen LogP contribution in [0.5, 0.6) is 0 Å². The lowest BCUT2D eigenvalue weighted by atomic mass is 10.2. The number of halogens is 1. The molecule has 1 heterocycles. The summed E-state index contributed by atoms with van der Waals surface area (Å²) in [6.45, 7) is 0.853. The summed E-state index contributed by atoms with van der Waals surface area (Å²) >= 11 is 5.72. The molecule has 16 heavy (non-hydrogen) atoms. The summed E-state index contributed by atoms with van der Waals surface area (Å²) < 4.78 is 4.86. The van der Waals surface area contributed by atoms with E-state index in [1.54, 1.807) is 18.0 Å². The summed E-state index contributed by atoms with van der Waals surface area (Å²) in [5.74, 6) is -0.136. The number of furan rings is 1. The molecule has 0 saturated carbocycles. The van der Waals surface area contributed by atoms with E-state index >= 15 is 0 Å². The van der Waals surface area contributed by atoms with Crippen molar-refractivity contribution in [3.8, 4) is 0 Å². The van der Waals surface area contributed by atoms with Crippen molar-refractivity contribution in [1.82, 2.24) is 4.90 Å². The molecule has 1 aromatic heterocycles. The van der Waals surface area contributed by atoms with E-state index in [1.165, 1.54) is 6.26 Å². The molecule has 0 unspecified atom stereocenters. The van der Waals surface area contributed by atoms with Crippen molar-refractivity contribution < 1.29 is 14.3 Å². The second-order valence-electron chi connectivity index (χ2n) is 3.62. The van der Waals surface area contributed by atoms with Crippen LogP contribution in [0.4, 0.5) is 0 Å². The summed E-state index contributed by atoms with van der Waals surface area (Å²) in [7, 11) is 1.73. The zero-order valence-electron chi connectivity index (χ0n) is 9.28. The number of carbonyl (C=O) groups is 1. The Balaban J connectivity index is 2.40. The smallest absolute Gasteiger partial charge is 0.258 e. The summed E-state index contributed by atoms with van der Waals surface area (Å²) in [6.07, 6.45) is 3.95. The van der Waals surface area contributed by atoms with Crippen molar-refractivity contribution in [2.45, 2.75) is 19.3 Å².